The number of amides is 1. The minimum absolute atomic E-state index is 0.0112. The van der Waals surface area contributed by atoms with Gasteiger partial charge in [0, 0.05) is 20.1 Å². The molecule has 1 saturated heterocycles. The lowest BCUT2D eigenvalue weighted by molar-refractivity contribution is -0.00894. The summed E-state index contributed by atoms with van der Waals surface area (Å²) in [5, 5.41) is 12.3. The van der Waals surface area contributed by atoms with E-state index in [0.717, 1.165) is 11.3 Å². The van der Waals surface area contributed by atoms with Crippen LogP contribution in [0.3, 0.4) is 0 Å². The Morgan fingerprint density at radius 2 is 1.92 bits per heavy atom. The number of oxime groups is 1. The molecule has 144 valence electrons. The predicted octanol–water partition coefficient (Wildman–Crippen LogP) is 2.03. The van der Waals surface area contributed by atoms with Gasteiger partial charge in [-0.15, -0.1) is 0 Å². The van der Waals surface area contributed by atoms with Crippen molar-refractivity contribution in [1.29, 1.82) is 0 Å². The third-order valence-electron chi connectivity index (χ3n) is 4.31. The SMILES string of the molecule is COc1ccc([C@@H](C(N)=NO)N2CC(N(C)C(=O)OC(C)(C)C)C2)cc1. The van der Waals surface area contributed by atoms with E-state index in [-0.39, 0.29) is 24.0 Å². The van der Waals surface area contributed by atoms with Gasteiger partial charge in [0.1, 0.15) is 11.4 Å². The number of carbonyl (C=O) groups is 1. The highest BCUT2D eigenvalue weighted by atomic mass is 16.6. The molecule has 3 N–H and O–H groups in total. The number of likely N-dealkylation sites (N-methyl/N-ethyl adjacent to an activating group) is 1. The first-order valence-corrected chi connectivity index (χ1v) is 8.47. The largest absolute Gasteiger partial charge is 0.497 e. The number of methoxy groups -OCH3 is 1. The lowest BCUT2D eigenvalue weighted by Gasteiger charge is -2.47. The van der Waals surface area contributed by atoms with E-state index in [9.17, 15) is 4.79 Å². The Morgan fingerprint density at radius 1 is 1.35 bits per heavy atom. The monoisotopic (exact) mass is 364 g/mol. The second-order valence-electron chi connectivity index (χ2n) is 7.40. The van der Waals surface area contributed by atoms with Gasteiger partial charge in [0.05, 0.1) is 19.2 Å². The van der Waals surface area contributed by atoms with E-state index in [0.29, 0.717) is 13.1 Å². The van der Waals surface area contributed by atoms with Crippen LogP contribution in [0.15, 0.2) is 29.4 Å². The summed E-state index contributed by atoms with van der Waals surface area (Å²) >= 11 is 0. The average Bonchev–Trinajstić information content (AvgIpc) is 2.55. The molecule has 0 radical (unpaired) electrons. The molecule has 0 aliphatic carbocycles. The molecule has 1 aliphatic rings. The molecule has 1 aliphatic heterocycles. The first kappa shape index (κ1) is 19.8. The fraction of sp³-hybridized carbons (Fsp3) is 0.556. The van der Waals surface area contributed by atoms with Crippen molar-refractivity contribution in [2.45, 2.75) is 38.5 Å². The van der Waals surface area contributed by atoms with Gasteiger partial charge in [-0.1, -0.05) is 17.3 Å². The van der Waals surface area contributed by atoms with Crippen LogP contribution in [0.2, 0.25) is 0 Å². The average molecular weight is 364 g/mol. The van der Waals surface area contributed by atoms with Crippen molar-refractivity contribution in [2.24, 2.45) is 10.9 Å². The second-order valence-corrected chi connectivity index (χ2v) is 7.40. The van der Waals surface area contributed by atoms with E-state index < -0.39 is 5.60 Å². The maximum atomic E-state index is 12.2. The molecule has 1 fully saturated rings. The summed E-state index contributed by atoms with van der Waals surface area (Å²) < 4.78 is 10.6. The minimum atomic E-state index is -0.533. The molecule has 8 nitrogen and oxygen atoms in total. The minimum Gasteiger partial charge on any atom is -0.497 e. The number of ether oxygens (including phenoxy) is 2. The fourth-order valence-electron chi connectivity index (χ4n) is 2.84. The van der Waals surface area contributed by atoms with E-state index in [2.05, 4.69) is 5.16 Å². The Morgan fingerprint density at radius 3 is 2.38 bits per heavy atom. The molecule has 26 heavy (non-hydrogen) atoms. The van der Waals surface area contributed by atoms with Gasteiger partial charge in [-0.25, -0.2) is 4.79 Å². The van der Waals surface area contributed by atoms with Crippen LogP contribution >= 0.6 is 0 Å². The van der Waals surface area contributed by atoms with E-state index in [4.69, 9.17) is 20.4 Å². The highest BCUT2D eigenvalue weighted by molar-refractivity contribution is 5.86. The summed E-state index contributed by atoms with van der Waals surface area (Å²) in [6, 6.07) is 7.07. The summed E-state index contributed by atoms with van der Waals surface area (Å²) in [7, 11) is 3.32. The van der Waals surface area contributed by atoms with Gasteiger partial charge >= 0.3 is 6.09 Å². The summed E-state index contributed by atoms with van der Waals surface area (Å²) in [5.74, 6) is 0.840. The third kappa shape index (κ3) is 4.57. The highest BCUT2D eigenvalue weighted by Gasteiger charge is 2.39. The topological polar surface area (TPSA) is 101 Å². The highest BCUT2D eigenvalue weighted by Crippen LogP contribution is 2.29. The molecule has 0 aromatic heterocycles. The molecule has 0 saturated carbocycles. The molecule has 1 aromatic rings. The van der Waals surface area contributed by atoms with E-state index >= 15 is 0 Å². The van der Waals surface area contributed by atoms with Crippen molar-refractivity contribution < 1.29 is 19.5 Å². The molecule has 2 rings (SSSR count). The van der Waals surface area contributed by atoms with Crippen molar-refractivity contribution >= 4 is 11.9 Å². The van der Waals surface area contributed by atoms with Crippen LogP contribution in [0.5, 0.6) is 5.75 Å². The fourth-order valence-corrected chi connectivity index (χ4v) is 2.84. The van der Waals surface area contributed by atoms with Crippen molar-refractivity contribution in [3.63, 3.8) is 0 Å². The summed E-state index contributed by atoms with van der Waals surface area (Å²) in [6.07, 6.45) is -0.355. The van der Waals surface area contributed by atoms with Crippen LogP contribution in [0.1, 0.15) is 32.4 Å². The van der Waals surface area contributed by atoms with Gasteiger partial charge in [0.2, 0.25) is 0 Å². The van der Waals surface area contributed by atoms with E-state index in [1.165, 1.54) is 0 Å². The van der Waals surface area contributed by atoms with Crippen LogP contribution in [0.4, 0.5) is 4.79 Å². The number of hydrogen-bond donors (Lipinski definition) is 2. The molecule has 0 unspecified atom stereocenters. The quantitative estimate of drug-likeness (QED) is 0.359. The molecule has 1 amide bonds. The maximum Gasteiger partial charge on any atom is 0.410 e. The molecule has 8 heteroatoms. The van der Waals surface area contributed by atoms with Gasteiger partial charge < -0.3 is 25.3 Å². The number of amidine groups is 1. The normalized spacial score (nSPS) is 17.3. The Hall–Kier alpha value is -2.48. The Balaban J connectivity index is 2.05. The third-order valence-corrected chi connectivity index (χ3v) is 4.31. The van der Waals surface area contributed by atoms with E-state index in [1.54, 1.807) is 19.1 Å². The van der Waals surface area contributed by atoms with Crippen molar-refractivity contribution in [1.82, 2.24) is 9.80 Å². The smallest absolute Gasteiger partial charge is 0.410 e. The molecule has 1 heterocycles. The summed E-state index contributed by atoms with van der Waals surface area (Å²) in [4.78, 5) is 15.8. The Kier molecular flexibility index (Phi) is 5.97. The zero-order valence-electron chi connectivity index (χ0n) is 16.0. The van der Waals surface area contributed by atoms with Gasteiger partial charge in [0.15, 0.2) is 5.84 Å². The van der Waals surface area contributed by atoms with E-state index in [1.807, 2.05) is 49.9 Å². The molecule has 1 aromatic carbocycles. The maximum absolute atomic E-state index is 12.2. The molecule has 1 atom stereocenters. The number of nitrogens with zero attached hydrogens (tertiary/aromatic N) is 3. The van der Waals surface area contributed by atoms with Crippen LogP contribution in [0.25, 0.3) is 0 Å². The van der Waals surface area contributed by atoms with Crippen molar-refractivity contribution in [2.75, 3.05) is 27.2 Å². The first-order valence-electron chi connectivity index (χ1n) is 8.47. The summed E-state index contributed by atoms with van der Waals surface area (Å²) in [6.45, 7) is 6.71. The standard InChI is InChI=1S/C18H28N4O4/c1-18(2,3)26-17(23)21(4)13-10-22(11-13)15(16(19)20-24)12-6-8-14(25-5)9-7-12/h6-9,13,15,24H,10-11H2,1-5H3,(H2,19,20)/t15-/m0/s1. The number of hydrogen-bond acceptors (Lipinski definition) is 6. The van der Waals surface area contributed by atoms with Crippen molar-refractivity contribution in [3.05, 3.63) is 29.8 Å². The number of rotatable bonds is 5. The Bertz CT molecular complexity index is 648. The van der Waals surface area contributed by atoms with Gasteiger partial charge in [-0.2, -0.15) is 0 Å². The van der Waals surface area contributed by atoms with Crippen molar-refractivity contribution in [3.8, 4) is 5.75 Å². The molecular formula is C18H28N4O4. The first-order chi connectivity index (χ1) is 12.2. The Labute approximate surface area is 154 Å². The van der Waals surface area contributed by atoms with Crippen LogP contribution < -0.4 is 10.5 Å². The second kappa shape index (κ2) is 7.82. The van der Waals surface area contributed by atoms with Crippen LogP contribution in [-0.4, -0.2) is 65.8 Å². The number of carbonyl (C=O) groups excluding carboxylic acids is 1. The number of benzene rings is 1. The van der Waals surface area contributed by atoms with Gasteiger partial charge in [0.25, 0.3) is 0 Å². The molecule has 0 bridgehead atoms. The van der Waals surface area contributed by atoms with Gasteiger partial charge in [-0.05, 0) is 38.5 Å². The predicted molar refractivity (Wildman–Crippen MR) is 98.5 cm³/mol. The summed E-state index contributed by atoms with van der Waals surface area (Å²) in [5.41, 5.74) is 6.27. The zero-order valence-corrected chi connectivity index (χ0v) is 16.0. The number of likely N-dealkylation sites (tertiary alicyclic amines) is 1. The van der Waals surface area contributed by atoms with Crippen LogP contribution in [0, 0.1) is 0 Å². The van der Waals surface area contributed by atoms with Crippen LogP contribution in [-0.2, 0) is 4.74 Å². The molecule has 0 spiro atoms. The van der Waals surface area contributed by atoms with Gasteiger partial charge in [-0.3, -0.25) is 4.90 Å². The molecular weight excluding hydrogens is 336 g/mol. The zero-order chi connectivity index (χ0) is 19.5. The lowest BCUT2D eigenvalue weighted by Crippen LogP contribution is -2.62. The number of nitrogens with two attached hydrogens (primary N) is 1. The lowest BCUT2D eigenvalue weighted by atomic mass is 9.97.